The normalized spacial score (nSPS) is 9.62. The van der Waals surface area contributed by atoms with Crippen LogP contribution in [0.2, 0.25) is 5.02 Å². The Kier molecular flexibility index (Phi) is 4.77. The molecule has 0 saturated heterocycles. The lowest BCUT2D eigenvalue weighted by Gasteiger charge is -2.09. The number of amides is 1. The lowest BCUT2D eigenvalue weighted by atomic mass is 10.1. The van der Waals surface area contributed by atoms with E-state index in [2.05, 4.69) is 22.1 Å². The number of aliphatic hydroxyl groups excluding tert-OH is 1. The van der Waals surface area contributed by atoms with Crippen LogP contribution in [0.1, 0.15) is 15.9 Å². The summed E-state index contributed by atoms with van der Waals surface area (Å²) >= 11 is 5.88. The van der Waals surface area contributed by atoms with Crippen LogP contribution >= 0.6 is 11.6 Å². The molecule has 5 nitrogen and oxygen atoms in total. The van der Waals surface area contributed by atoms with Crippen molar-refractivity contribution in [3.05, 3.63) is 52.8 Å². The van der Waals surface area contributed by atoms with Gasteiger partial charge in [-0.1, -0.05) is 23.4 Å². The van der Waals surface area contributed by atoms with Gasteiger partial charge in [0.25, 0.3) is 5.91 Å². The zero-order chi connectivity index (χ0) is 15.2. The Balaban J connectivity index is 2.31. The number of anilines is 1. The maximum absolute atomic E-state index is 12.1. The van der Waals surface area contributed by atoms with Crippen molar-refractivity contribution in [3.63, 3.8) is 0 Å². The second-order valence-corrected chi connectivity index (χ2v) is 4.43. The van der Waals surface area contributed by atoms with Crippen molar-refractivity contribution in [2.45, 2.75) is 0 Å². The number of halogens is 1. The molecule has 0 saturated carbocycles. The molecule has 1 heterocycles. The van der Waals surface area contributed by atoms with Crippen LogP contribution in [0.3, 0.4) is 0 Å². The number of nitrogens with zero attached hydrogens (tertiary/aromatic N) is 1. The summed E-state index contributed by atoms with van der Waals surface area (Å²) in [5.41, 5.74) is 1.00. The molecule has 1 amide bonds. The number of carbonyl (C=O) groups is 1. The molecule has 0 aliphatic heterocycles. The zero-order valence-electron chi connectivity index (χ0n) is 10.8. The number of rotatable bonds is 2. The third-order valence-corrected chi connectivity index (χ3v) is 2.81. The lowest BCUT2D eigenvalue weighted by molar-refractivity contribution is 0.102. The Hall–Kier alpha value is -2.55. The molecule has 0 aliphatic carbocycles. The highest BCUT2D eigenvalue weighted by Gasteiger charge is 2.12. The first-order valence-electron chi connectivity index (χ1n) is 5.95. The van der Waals surface area contributed by atoms with Gasteiger partial charge in [0.15, 0.2) is 0 Å². The zero-order valence-corrected chi connectivity index (χ0v) is 11.6. The SMILES string of the molecule is O=C(Nc1ccc(Cl)cc1C#CCO)c1ccncc1O. The highest BCUT2D eigenvalue weighted by atomic mass is 35.5. The quantitative estimate of drug-likeness (QED) is 0.741. The summed E-state index contributed by atoms with van der Waals surface area (Å²) in [5, 5.41) is 21.5. The Labute approximate surface area is 126 Å². The van der Waals surface area contributed by atoms with E-state index in [1.807, 2.05) is 0 Å². The molecule has 0 atom stereocenters. The van der Waals surface area contributed by atoms with Crippen molar-refractivity contribution >= 4 is 23.2 Å². The first kappa shape index (κ1) is 14.9. The Bertz CT molecular complexity index is 735. The summed E-state index contributed by atoms with van der Waals surface area (Å²) in [6, 6.07) is 6.18. The molecule has 0 unspecified atom stereocenters. The molecular weight excluding hydrogens is 292 g/mol. The first-order chi connectivity index (χ1) is 10.1. The number of benzene rings is 1. The molecule has 21 heavy (non-hydrogen) atoms. The van der Waals surface area contributed by atoms with Gasteiger partial charge in [0, 0.05) is 16.8 Å². The van der Waals surface area contributed by atoms with Gasteiger partial charge in [-0.3, -0.25) is 9.78 Å². The van der Waals surface area contributed by atoms with Crippen molar-refractivity contribution in [2.24, 2.45) is 0 Å². The summed E-state index contributed by atoms with van der Waals surface area (Å²) in [6.45, 7) is -0.301. The predicted molar refractivity (Wildman–Crippen MR) is 79.3 cm³/mol. The van der Waals surface area contributed by atoms with Crippen LogP contribution in [0.25, 0.3) is 0 Å². The minimum absolute atomic E-state index is 0.0982. The largest absolute Gasteiger partial charge is 0.505 e. The number of hydrogen-bond donors (Lipinski definition) is 3. The second kappa shape index (κ2) is 6.75. The fourth-order valence-electron chi connectivity index (χ4n) is 1.63. The van der Waals surface area contributed by atoms with Crippen molar-refractivity contribution in [1.29, 1.82) is 0 Å². The molecule has 1 aromatic heterocycles. The maximum Gasteiger partial charge on any atom is 0.259 e. The van der Waals surface area contributed by atoms with Gasteiger partial charge in [-0.05, 0) is 24.3 Å². The van der Waals surface area contributed by atoms with Crippen molar-refractivity contribution in [3.8, 4) is 17.6 Å². The van der Waals surface area contributed by atoms with Gasteiger partial charge >= 0.3 is 0 Å². The van der Waals surface area contributed by atoms with Crippen LogP contribution in [-0.4, -0.2) is 27.7 Å². The van der Waals surface area contributed by atoms with Gasteiger partial charge in [-0.25, -0.2) is 0 Å². The second-order valence-electron chi connectivity index (χ2n) is 4.00. The summed E-state index contributed by atoms with van der Waals surface area (Å²) in [5.74, 6) is 4.48. The number of aliphatic hydroxyl groups is 1. The highest BCUT2D eigenvalue weighted by Crippen LogP contribution is 2.22. The molecule has 0 bridgehead atoms. The van der Waals surface area contributed by atoms with Gasteiger partial charge in [0.1, 0.15) is 12.4 Å². The molecule has 0 radical (unpaired) electrons. The van der Waals surface area contributed by atoms with Crippen LogP contribution in [-0.2, 0) is 0 Å². The molecular formula is C15H11ClN2O3. The van der Waals surface area contributed by atoms with E-state index in [1.165, 1.54) is 18.5 Å². The van der Waals surface area contributed by atoms with E-state index in [9.17, 15) is 9.90 Å². The van der Waals surface area contributed by atoms with E-state index in [-0.39, 0.29) is 17.9 Å². The molecule has 106 valence electrons. The van der Waals surface area contributed by atoms with Gasteiger partial charge < -0.3 is 15.5 Å². The topological polar surface area (TPSA) is 82.5 Å². The van der Waals surface area contributed by atoms with Crippen LogP contribution in [0.4, 0.5) is 5.69 Å². The Morgan fingerprint density at radius 1 is 1.38 bits per heavy atom. The first-order valence-corrected chi connectivity index (χ1v) is 6.33. The van der Waals surface area contributed by atoms with E-state index in [1.54, 1.807) is 18.2 Å². The number of aromatic nitrogens is 1. The van der Waals surface area contributed by atoms with E-state index < -0.39 is 5.91 Å². The minimum Gasteiger partial charge on any atom is -0.505 e. The van der Waals surface area contributed by atoms with E-state index >= 15 is 0 Å². The number of carbonyl (C=O) groups excluding carboxylic acids is 1. The van der Waals surface area contributed by atoms with Gasteiger partial charge in [-0.15, -0.1) is 0 Å². The monoisotopic (exact) mass is 302 g/mol. The Morgan fingerprint density at radius 2 is 2.19 bits per heavy atom. The van der Waals surface area contributed by atoms with Gasteiger partial charge in [-0.2, -0.15) is 0 Å². The lowest BCUT2D eigenvalue weighted by Crippen LogP contribution is -2.13. The number of hydrogen-bond acceptors (Lipinski definition) is 4. The molecule has 2 rings (SSSR count). The van der Waals surface area contributed by atoms with E-state index in [4.69, 9.17) is 16.7 Å². The fourth-order valence-corrected chi connectivity index (χ4v) is 1.80. The molecule has 1 aromatic carbocycles. The third-order valence-electron chi connectivity index (χ3n) is 2.58. The smallest absolute Gasteiger partial charge is 0.259 e. The van der Waals surface area contributed by atoms with Crippen LogP contribution in [0.5, 0.6) is 5.75 Å². The Morgan fingerprint density at radius 3 is 2.90 bits per heavy atom. The van der Waals surface area contributed by atoms with Crippen LogP contribution < -0.4 is 5.32 Å². The molecule has 6 heteroatoms. The van der Waals surface area contributed by atoms with E-state index in [0.717, 1.165) is 0 Å². The minimum atomic E-state index is -0.496. The summed E-state index contributed by atoms with van der Waals surface area (Å²) in [4.78, 5) is 15.8. The molecule has 0 fully saturated rings. The average molecular weight is 303 g/mol. The number of pyridine rings is 1. The predicted octanol–water partition coefficient (Wildman–Crippen LogP) is 2.04. The maximum atomic E-state index is 12.1. The standard InChI is InChI=1S/C15H11ClN2O3/c16-11-3-4-13(10(8-11)2-1-7-19)18-15(21)12-5-6-17-9-14(12)20/h3-6,8-9,19-20H,7H2,(H,18,21). The summed E-state index contributed by atoms with van der Waals surface area (Å²) < 4.78 is 0. The fraction of sp³-hybridized carbons (Fsp3) is 0.0667. The van der Waals surface area contributed by atoms with Crippen molar-refractivity contribution in [1.82, 2.24) is 4.98 Å². The van der Waals surface area contributed by atoms with Gasteiger partial charge in [0.05, 0.1) is 17.4 Å². The number of aromatic hydroxyl groups is 1. The molecule has 2 aromatic rings. The summed E-state index contributed by atoms with van der Waals surface area (Å²) in [6.07, 6.45) is 2.59. The van der Waals surface area contributed by atoms with Crippen molar-refractivity contribution < 1.29 is 15.0 Å². The number of nitrogens with one attached hydrogen (secondary N) is 1. The third kappa shape index (κ3) is 3.72. The van der Waals surface area contributed by atoms with E-state index in [0.29, 0.717) is 16.3 Å². The van der Waals surface area contributed by atoms with Crippen LogP contribution in [0, 0.1) is 11.8 Å². The summed E-state index contributed by atoms with van der Waals surface area (Å²) in [7, 11) is 0. The molecule has 0 spiro atoms. The molecule has 0 aliphatic rings. The molecule has 3 N–H and O–H groups in total. The average Bonchev–Trinajstić information content (AvgIpc) is 2.47. The van der Waals surface area contributed by atoms with Crippen LogP contribution in [0.15, 0.2) is 36.7 Å². The highest BCUT2D eigenvalue weighted by molar-refractivity contribution is 6.30. The van der Waals surface area contributed by atoms with Crippen molar-refractivity contribution in [2.75, 3.05) is 11.9 Å². The van der Waals surface area contributed by atoms with Gasteiger partial charge in [0.2, 0.25) is 0 Å².